The van der Waals surface area contributed by atoms with Gasteiger partial charge in [-0.25, -0.2) is 19.2 Å². The summed E-state index contributed by atoms with van der Waals surface area (Å²) in [5.41, 5.74) is 0.530. The van der Waals surface area contributed by atoms with Crippen LogP contribution < -0.4 is 5.32 Å². The zero-order chi connectivity index (χ0) is 17.1. The number of hydrogen-bond donors (Lipinski definition) is 2. The van der Waals surface area contributed by atoms with E-state index in [-0.39, 0.29) is 22.7 Å². The monoisotopic (exact) mass is 317 g/mol. The molecule has 1 aromatic carbocycles. The Hall–Kier alpha value is -2.83. The number of nitrogens with zero attached hydrogens (tertiary/aromatic N) is 2. The van der Waals surface area contributed by atoms with Gasteiger partial charge in [0.25, 0.3) is 5.91 Å². The molecule has 0 radical (unpaired) electrons. The number of aromatic nitrogens is 2. The number of nitrogens with one attached hydrogen (secondary N) is 1. The molecular weight excluding hydrogens is 301 g/mol. The fraction of sp³-hybridized carbons (Fsp3) is 0.250. The molecule has 0 aliphatic heterocycles. The lowest BCUT2D eigenvalue weighted by Gasteiger charge is -2.12. The normalized spacial score (nSPS) is 10.7. The van der Waals surface area contributed by atoms with Gasteiger partial charge in [0, 0.05) is 6.20 Å². The lowest BCUT2D eigenvalue weighted by Crippen LogP contribution is -2.18. The lowest BCUT2D eigenvalue weighted by molar-refractivity contribution is 0.0696. The minimum atomic E-state index is -1.24. The molecule has 1 amide bonds. The Labute approximate surface area is 132 Å². The van der Waals surface area contributed by atoms with Gasteiger partial charge in [0.1, 0.15) is 11.6 Å². The third kappa shape index (κ3) is 3.68. The van der Waals surface area contributed by atoms with Gasteiger partial charge in [0.15, 0.2) is 0 Å². The maximum Gasteiger partial charge on any atom is 0.335 e. The number of hydrogen-bond acceptors (Lipinski definition) is 4. The van der Waals surface area contributed by atoms with E-state index in [2.05, 4.69) is 15.3 Å². The predicted octanol–water partition coefficient (Wildman–Crippen LogP) is 3.00. The summed E-state index contributed by atoms with van der Waals surface area (Å²) in [7, 11) is 0. The number of halogens is 1. The molecule has 2 rings (SSSR count). The molecule has 0 saturated heterocycles. The van der Waals surface area contributed by atoms with E-state index in [1.54, 1.807) is 6.92 Å². The van der Waals surface area contributed by atoms with Crippen molar-refractivity contribution >= 4 is 17.6 Å². The van der Waals surface area contributed by atoms with Crippen molar-refractivity contribution in [3.05, 3.63) is 52.9 Å². The fourth-order valence-electron chi connectivity index (χ4n) is 2.04. The largest absolute Gasteiger partial charge is 0.478 e. The minimum Gasteiger partial charge on any atom is -0.478 e. The predicted molar refractivity (Wildman–Crippen MR) is 82.2 cm³/mol. The van der Waals surface area contributed by atoms with Crippen LogP contribution in [-0.2, 0) is 0 Å². The number of aryl methyl sites for hydroxylation is 1. The van der Waals surface area contributed by atoms with E-state index >= 15 is 0 Å². The maximum atomic E-state index is 13.9. The minimum absolute atomic E-state index is 0.00307. The Kier molecular flexibility index (Phi) is 4.68. The first-order valence-electron chi connectivity index (χ1n) is 6.97. The van der Waals surface area contributed by atoms with E-state index in [0.29, 0.717) is 11.5 Å². The van der Waals surface area contributed by atoms with Gasteiger partial charge in [-0.3, -0.25) is 4.79 Å². The number of benzene rings is 1. The number of carboxylic acid groups (broad SMARTS) is 1. The molecule has 6 nitrogen and oxygen atoms in total. The highest BCUT2D eigenvalue weighted by molar-refractivity contribution is 6.05. The second kappa shape index (κ2) is 6.51. The Morgan fingerprint density at radius 2 is 2.00 bits per heavy atom. The highest BCUT2D eigenvalue weighted by Gasteiger charge is 2.18. The fourth-order valence-corrected chi connectivity index (χ4v) is 2.04. The van der Waals surface area contributed by atoms with Gasteiger partial charge in [-0.2, -0.15) is 0 Å². The SMILES string of the molecule is Cc1ncc(C(=O)Nc2ccc(C(=O)O)cc2F)c(C(C)C)n1. The number of aromatic carboxylic acids is 1. The molecule has 0 atom stereocenters. The zero-order valence-corrected chi connectivity index (χ0v) is 12.9. The van der Waals surface area contributed by atoms with Crippen LogP contribution in [0.2, 0.25) is 0 Å². The van der Waals surface area contributed by atoms with Gasteiger partial charge in [-0.15, -0.1) is 0 Å². The van der Waals surface area contributed by atoms with Crippen molar-refractivity contribution in [2.45, 2.75) is 26.7 Å². The summed E-state index contributed by atoms with van der Waals surface area (Å²) in [6.45, 7) is 5.50. The average molecular weight is 317 g/mol. The number of amides is 1. The van der Waals surface area contributed by atoms with E-state index in [9.17, 15) is 14.0 Å². The van der Waals surface area contributed by atoms with Crippen molar-refractivity contribution < 1.29 is 19.1 Å². The van der Waals surface area contributed by atoms with E-state index < -0.39 is 17.7 Å². The molecule has 0 spiro atoms. The van der Waals surface area contributed by atoms with Crippen LogP contribution in [0.5, 0.6) is 0 Å². The summed E-state index contributed by atoms with van der Waals surface area (Å²) in [6.07, 6.45) is 1.40. The average Bonchev–Trinajstić information content (AvgIpc) is 2.48. The van der Waals surface area contributed by atoms with Gasteiger partial charge in [0.2, 0.25) is 0 Å². The van der Waals surface area contributed by atoms with Crippen LogP contribution in [0, 0.1) is 12.7 Å². The topological polar surface area (TPSA) is 92.2 Å². The molecule has 7 heteroatoms. The van der Waals surface area contributed by atoms with E-state index in [4.69, 9.17) is 5.11 Å². The molecule has 120 valence electrons. The van der Waals surface area contributed by atoms with Crippen LogP contribution in [0.15, 0.2) is 24.4 Å². The zero-order valence-electron chi connectivity index (χ0n) is 12.9. The summed E-state index contributed by atoms with van der Waals surface area (Å²) < 4.78 is 13.9. The van der Waals surface area contributed by atoms with Crippen LogP contribution in [-0.4, -0.2) is 27.0 Å². The Morgan fingerprint density at radius 1 is 1.30 bits per heavy atom. The van der Waals surface area contributed by atoms with Crippen molar-refractivity contribution in [1.82, 2.24) is 9.97 Å². The van der Waals surface area contributed by atoms with E-state index in [0.717, 1.165) is 6.07 Å². The molecule has 0 fully saturated rings. The molecule has 0 aliphatic carbocycles. The molecule has 0 unspecified atom stereocenters. The van der Waals surface area contributed by atoms with Crippen LogP contribution in [0.4, 0.5) is 10.1 Å². The van der Waals surface area contributed by atoms with Crippen molar-refractivity contribution in [3.8, 4) is 0 Å². The second-order valence-electron chi connectivity index (χ2n) is 5.32. The summed E-state index contributed by atoms with van der Waals surface area (Å²) >= 11 is 0. The highest BCUT2D eigenvalue weighted by Crippen LogP contribution is 2.20. The summed E-state index contributed by atoms with van der Waals surface area (Å²) in [5.74, 6) is -2.07. The van der Waals surface area contributed by atoms with E-state index in [1.165, 1.54) is 18.3 Å². The number of carbonyl (C=O) groups excluding carboxylic acids is 1. The van der Waals surface area contributed by atoms with Crippen molar-refractivity contribution in [2.75, 3.05) is 5.32 Å². The van der Waals surface area contributed by atoms with E-state index in [1.807, 2.05) is 13.8 Å². The first-order valence-corrected chi connectivity index (χ1v) is 6.97. The van der Waals surface area contributed by atoms with Gasteiger partial charge in [0.05, 0.1) is 22.5 Å². The third-order valence-corrected chi connectivity index (χ3v) is 3.19. The number of carbonyl (C=O) groups is 2. The van der Waals surface area contributed by atoms with Crippen LogP contribution in [0.25, 0.3) is 0 Å². The first-order chi connectivity index (χ1) is 10.8. The van der Waals surface area contributed by atoms with Crippen molar-refractivity contribution in [2.24, 2.45) is 0 Å². The Morgan fingerprint density at radius 3 is 2.57 bits per heavy atom. The van der Waals surface area contributed by atoms with Crippen LogP contribution in [0.1, 0.15) is 52.0 Å². The molecule has 2 N–H and O–H groups in total. The highest BCUT2D eigenvalue weighted by atomic mass is 19.1. The van der Waals surface area contributed by atoms with Gasteiger partial charge in [-0.05, 0) is 31.0 Å². The Bertz CT molecular complexity index is 775. The van der Waals surface area contributed by atoms with Crippen molar-refractivity contribution in [1.29, 1.82) is 0 Å². The third-order valence-electron chi connectivity index (χ3n) is 3.19. The second-order valence-corrected chi connectivity index (χ2v) is 5.32. The molecule has 0 bridgehead atoms. The smallest absolute Gasteiger partial charge is 0.335 e. The summed E-state index contributed by atoms with van der Waals surface area (Å²) in [5, 5.41) is 11.2. The van der Waals surface area contributed by atoms with Crippen molar-refractivity contribution in [3.63, 3.8) is 0 Å². The molecule has 23 heavy (non-hydrogen) atoms. The summed E-state index contributed by atoms with van der Waals surface area (Å²) in [6, 6.07) is 3.28. The van der Waals surface area contributed by atoms with Crippen LogP contribution >= 0.6 is 0 Å². The number of anilines is 1. The van der Waals surface area contributed by atoms with Gasteiger partial charge in [-0.1, -0.05) is 13.8 Å². The molecule has 0 saturated carbocycles. The standard InChI is InChI=1S/C16H16FN3O3/c1-8(2)14-11(7-18-9(3)19-14)15(21)20-13-5-4-10(16(22)23)6-12(13)17/h4-8H,1-3H3,(H,20,21)(H,22,23). The molecule has 2 aromatic rings. The number of rotatable bonds is 4. The van der Waals surface area contributed by atoms with Gasteiger partial charge < -0.3 is 10.4 Å². The van der Waals surface area contributed by atoms with Gasteiger partial charge >= 0.3 is 5.97 Å². The molecule has 1 heterocycles. The van der Waals surface area contributed by atoms with Crippen LogP contribution in [0.3, 0.4) is 0 Å². The molecule has 0 aliphatic rings. The Balaban J connectivity index is 2.31. The lowest BCUT2D eigenvalue weighted by atomic mass is 10.0. The molecular formula is C16H16FN3O3. The first kappa shape index (κ1) is 16.5. The maximum absolute atomic E-state index is 13.9. The number of carboxylic acids is 1. The quantitative estimate of drug-likeness (QED) is 0.904. The molecule has 1 aromatic heterocycles. The summed E-state index contributed by atoms with van der Waals surface area (Å²) in [4.78, 5) is 31.4.